The third-order valence-electron chi connectivity index (χ3n) is 2.58. The Balaban J connectivity index is 2.69. The first-order valence-corrected chi connectivity index (χ1v) is 6.65. The monoisotopic (exact) mass is 293 g/mol. The Labute approximate surface area is 116 Å². The van der Waals surface area contributed by atoms with E-state index < -0.39 is 16.9 Å². The molecule has 8 heteroatoms. The molecule has 1 aromatic heterocycles. The number of aromatic carboxylic acids is 1. The fraction of sp³-hybridized carbons (Fsp3) is 0. The number of carbonyl (C=O) groups is 1. The number of nitrogens with zero attached hydrogens (tertiary/aromatic N) is 1. The van der Waals surface area contributed by atoms with Gasteiger partial charge in [0, 0.05) is 29.2 Å². The Morgan fingerprint density at radius 2 is 2.10 bits per heavy atom. The molecule has 0 spiro atoms. The molecule has 20 heavy (non-hydrogen) atoms. The fourth-order valence-electron chi connectivity index (χ4n) is 1.81. The van der Waals surface area contributed by atoms with E-state index in [4.69, 9.17) is 10.8 Å². The Morgan fingerprint density at radius 3 is 2.65 bits per heavy atom. The summed E-state index contributed by atoms with van der Waals surface area (Å²) in [5.41, 5.74) is 6.97. The minimum atomic E-state index is -2.95. The Kier molecular flexibility index (Phi) is 3.85. The molecule has 1 heterocycles. The number of carboxylic acid groups (broad SMARTS) is 1. The third kappa shape index (κ3) is 2.86. The summed E-state index contributed by atoms with van der Waals surface area (Å²) in [4.78, 5) is 14.9. The maximum Gasteiger partial charge on any atom is 0.335 e. The molecular formula is C12H11N3O4S. The molecule has 0 aliphatic rings. The number of nitrogens with one attached hydrogen (secondary N) is 1. The van der Waals surface area contributed by atoms with Gasteiger partial charge < -0.3 is 10.8 Å². The summed E-state index contributed by atoms with van der Waals surface area (Å²) in [6.07, 6.45) is 3.07. The zero-order valence-electron chi connectivity index (χ0n) is 10.1. The van der Waals surface area contributed by atoms with Crippen LogP contribution in [0.3, 0.4) is 0 Å². The number of rotatable bonds is 4. The van der Waals surface area contributed by atoms with E-state index >= 15 is 0 Å². The molecule has 0 aliphatic carbocycles. The van der Waals surface area contributed by atoms with Gasteiger partial charge in [0.25, 0.3) is 0 Å². The van der Waals surface area contributed by atoms with Crippen molar-refractivity contribution >= 4 is 28.2 Å². The van der Waals surface area contributed by atoms with Crippen LogP contribution in [0.1, 0.15) is 10.4 Å². The van der Waals surface area contributed by atoms with Crippen LogP contribution in [0.4, 0.5) is 11.4 Å². The van der Waals surface area contributed by atoms with Crippen molar-refractivity contribution in [2.75, 3.05) is 10.5 Å². The first-order valence-electron chi connectivity index (χ1n) is 5.47. The highest BCUT2D eigenvalue weighted by Gasteiger charge is 2.14. The van der Waals surface area contributed by atoms with Crippen molar-refractivity contribution in [2.45, 2.75) is 0 Å². The van der Waals surface area contributed by atoms with Gasteiger partial charge in [0.05, 0.1) is 11.3 Å². The van der Waals surface area contributed by atoms with Gasteiger partial charge in [0.15, 0.2) is 0 Å². The number of carboxylic acids is 1. The number of benzene rings is 1. The second-order valence-electron chi connectivity index (χ2n) is 3.90. The van der Waals surface area contributed by atoms with E-state index in [9.17, 15) is 13.2 Å². The van der Waals surface area contributed by atoms with E-state index in [-0.39, 0.29) is 16.9 Å². The number of anilines is 2. The molecule has 0 unspecified atom stereocenters. The summed E-state index contributed by atoms with van der Waals surface area (Å²) in [7, 11) is -2.95. The maximum absolute atomic E-state index is 11.0. The molecule has 2 rings (SSSR count). The number of pyridine rings is 1. The minimum absolute atomic E-state index is 0.102. The average Bonchev–Trinajstić information content (AvgIpc) is 2.38. The largest absolute Gasteiger partial charge is 0.478 e. The van der Waals surface area contributed by atoms with Gasteiger partial charge in [-0.1, -0.05) is 6.07 Å². The molecule has 0 fully saturated rings. The lowest BCUT2D eigenvalue weighted by Gasteiger charge is -2.12. The highest BCUT2D eigenvalue weighted by atomic mass is 32.2. The molecule has 2 aromatic rings. The van der Waals surface area contributed by atoms with Crippen LogP contribution in [-0.4, -0.2) is 24.5 Å². The number of nitrogens with two attached hydrogens (primary N) is 1. The molecule has 0 bridgehead atoms. The zero-order chi connectivity index (χ0) is 14.7. The van der Waals surface area contributed by atoms with Crippen LogP contribution in [-0.2, 0) is 10.9 Å². The molecular weight excluding hydrogens is 282 g/mol. The Hall–Kier alpha value is -2.61. The van der Waals surface area contributed by atoms with Gasteiger partial charge in [-0.3, -0.25) is 9.71 Å². The number of nitrogen functional groups attached to an aromatic ring is 1. The van der Waals surface area contributed by atoms with Gasteiger partial charge in [-0.15, -0.1) is 0 Å². The normalized spacial score (nSPS) is 10.4. The molecule has 1 aromatic carbocycles. The molecule has 0 atom stereocenters. The van der Waals surface area contributed by atoms with Crippen LogP contribution in [0.15, 0.2) is 36.7 Å². The average molecular weight is 293 g/mol. The predicted octanol–water partition coefficient (Wildman–Crippen LogP) is 0.967. The van der Waals surface area contributed by atoms with Crippen LogP contribution in [0.5, 0.6) is 0 Å². The van der Waals surface area contributed by atoms with Gasteiger partial charge >= 0.3 is 5.97 Å². The van der Waals surface area contributed by atoms with Crippen molar-refractivity contribution in [1.82, 2.24) is 4.98 Å². The lowest BCUT2D eigenvalue weighted by Crippen LogP contribution is -2.05. The van der Waals surface area contributed by atoms with Crippen molar-refractivity contribution in [2.24, 2.45) is 0 Å². The Bertz CT molecular complexity index is 721. The molecule has 0 radical (unpaired) electrons. The lowest BCUT2D eigenvalue weighted by molar-refractivity contribution is 0.0697. The Morgan fingerprint density at radius 1 is 1.35 bits per heavy atom. The summed E-state index contributed by atoms with van der Waals surface area (Å²) in [5.74, 6) is -1.20. The predicted molar refractivity (Wildman–Crippen MR) is 75.0 cm³/mol. The molecule has 4 N–H and O–H groups in total. The third-order valence-corrected chi connectivity index (χ3v) is 3.00. The highest BCUT2D eigenvalue weighted by Crippen LogP contribution is 2.34. The van der Waals surface area contributed by atoms with Crippen LogP contribution in [0.25, 0.3) is 11.1 Å². The first-order chi connectivity index (χ1) is 9.49. The molecule has 7 nitrogen and oxygen atoms in total. The topological polar surface area (TPSA) is 122 Å². The zero-order valence-corrected chi connectivity index (χ0v) is 11.0. The molecule has 0 amide bonds. The van der Waals surface area contributed by atoms with Crippen LogP contribution in [0.2, 0.25) is 0 Å². The van der Waals surface area contributed by atoms with Gasteiger partial charge in [-0.05, 0) is 18.2 Å². The SMILES string of the molecule is Nc1cc(C(=O)O)cc(N[SH](=O)=O)c1-c1cccnc1. The first kappa shape index (κ1) is 13.8. The maximum atomic E-state index is 11.0. The van der Waals surface area contributed by atoms with Crippen molar-refractivity contribution in [3.8, 4) is 11.1 Å². The second-order valence-corrected chi connectivity index (χ2v) is 4.64. The standard InChI is InChI=1S/C12H11N3O4S/c13-9-4-8(12(16)17)5-10(15-20(18)19)11(9)7-2-1-3-14-6-7/h1-6,20H,13H2,(H,16,17)(H,15,18,19). The number of hydrogen-bond acceptors (Lipinski definition) is 5. The summed E-state index contributed by atoms with van der Waals surface area (Å²) in [6, 6.07) is 5.85. The van der Waals surface area contributed by atoms with E-state index in [1.165, 1.54) is 18.3 Å². The summed E-state index contributed by atoms with van der Waals surface area (Å²) < 4.78 is 23.9. The highest BCUT2D eigenvalue weighted by molar-refractivity contribution is 7.73. The number of hydrogen-bond donors (Lipinski definition) is 4. The van der Waals surface area contributed by atoms with Gasteiger partial charge in [0.1, 0.15) is 0 Å². The van der Waals surface area contributed by atoms with E-state index in [1.807, 2.05) is 0 Å². The van der Waals surface area contributed by atoms with E-state index in [2.05, 4.69) is 9.71 Å². The van der Waals surface area contributed by atoms with E-state index in [0.29, 0.717) is 11.1 Å². The molecule has 104 valence electrons. The van der Waals surface area contributed by atoms with Crippen LogP contribution < -0.4 is 10.5 Å². The lowest BCUT2D eigenvalue weighted by atomic mass is 10.0. The quantitative estimate of drug-likeness (QED) is 0.492. The van der Waals surface area contributed by atoms with E-state index in [1.54, 1.807) is 18.3 Å². The van der Waals surface area contributed by atoms with Crippen LogP contribution >= 0.6 is 0 Å². The number of thiol groups is 1. The van der Waals surface area contributed by atoms with E-state index in [0.717, 1.165) is 0 Å². The smallest absolute Gasteiger partial charge is 0.335 e. The molecule has 0 saturated carbocycles. The van der Waals surface area contributed by atoms with Gasteiger partial charge in [-0.2, -0.15) is 0 Å². The molecule has 0 saturated heterocycles. The van der Waals surface area contributed by atoms with Crippen molar-refractivity contribution in [3.63, 3.8) is 0 Å². The second kappa shape index (κ2) is 5.57. The molecule has 0 aliphatic heterocycles. The van der Waals surface area contributed by atoms with Crippen molar-refractivity contribution < 1.29 is 18.3 Å². The van der Waals surface area contributed by atoms with Gasteiger partial charge in [-0.25, -0.2) is 13.2 Å². The van der Waals surface area contributed by atoms with Crippen LogP contribution in [0, 0.1) is 0 Å². The van der Waals surface area contributed by atoms with Gasteiger partial charge in [0.2, 0.25) is 10.9 Å². The summed E-state index contributed by atoms with van der Waals surface area (Å²) in [5, 5.41) is 8.98. The minimum Gasteiger partial charge on any atom is -0.478 e. The summed E-state index contributed by atoms with van der Waals surface area (Å²) >= 11 is 0. The van der Waals surface area contributed by atoms with Crippen molar-refractivity contribution in [1.29, 1.82) is 0 Å². The van der Waals surface area contributed by atoms with Crippen molar-refractivity contribution in [3.05, 3.63) is 42.2 Å². The number of aromatic nitrogens is 1. The fourth-order valence-corrected chi connectivity index (χ4v) is 2.18. The summed E-state index contributed by atoms with van der Waals surface area (Å²) in [6.45, 7) is 0.